The lowest BCUT2D eigenvalue weighted by atomic mass is 10.3. The van der Waals surface area contributed by atoms with Crippen LogP contribution in [0.2, 0.25) is 0 Å². The van der Waals surface area contributed by atoms with Crippen LogP contribution in [0.25, 0.3) is 0 Å². The largest absolute Gasteiger partial charge is 0.398 e. The minimum Gasteiger partial charge on any atom is -0.398 e. The highest BCUT2D eigenvalue weighted by Crippen LogP contribution is 2.31. The third-order valence-corrected chi connectivity index (χ3v) is 3.06. The average Bonchev–Trinajstić information content (AvgIpc) is 2.25. The van der Waals surface area contributed by atoms with Gasteiger partial charge < -0.3 is 5.73 Å². The summed E-state index contributed by atoms with van der Waals surface area (Å²) in [6, 6.07) is 14.0. The summed E-state index contributed by atoms with van der Waals surface area (Å²) in [4.78, 5) is 1.97. The Bertz CT molecular complexity index is 453. The van der Waals surface area contributed by atoms with Gasteiger partial charge in [0.25, 0.3) is 0 Å². The van der Waals surface area contributed by atoms with E-state index < -0.39 is 0 Å². The van der Waals surface area contributed by atoms with E-state index in [0.717, 1.165) is 15.5 Å². The van der Waals surface area contributed by atoms with Gasteiger partial charge in [0.15, 0.2) is 0 Å². The fourth-order valence-electron chi connectivity index (χ4n) is 1.20. The highest BCUT2D eigenvalue weighted by molar-refractivity contribution is 7.99. The Morgan fingerprint density at radius 3 is 2.27 bits per heavy atom. The van der Waals surface area contributed by atoms with E-state index in [1.807, 2.05) is 24.3 Å². The highest BCUT2D eigenvalue weighted by atomic mass is 32.2. The Hall–Kier alpha value is -1.48. The minimum absolute atomic E-state index is 0.222. The zero-order valence-electron chi connectivity index (χ0n) is 7.98. The van der Waals surface area contributed by atoms with Crippen LogP contribution in [0.3, 0.4) is 0 Å². The maximum atomic E-state index is 12.7. The quantitative estimate of drug-likeness (QED) is 0.781. The van der Waals surface area contributed by atoms with Crippen molar-refractivity contribution in [1.82, 2.24) is 0 Å². The number of hydrogen-bond acceptors (Lipinski definition) is 2. The number of rotatable bonds is 2. The molecule has 3 heteroatoms. The summed E-state index contributed by atoms with van der Waals surface area (Å²) < 4.78 is 12.7. The van der Waals surface area contributed by atoms with E-state index in [0.29, 0.717) is 0 Å². The third-order valence-electron chi connectivity index (χ3n) is 1.96. The highest BCUT2D eigenvalue weighted by Gasteiger charge is 2.00. The van der Waals surface area contributed by atoms with Gasteiger partial charge in [-0.1, -0.05) is 23.9 Å². The number of benzene rings is 2. The van der Waals surface area contributed by atoms with E-state index in [1.54, 1.807) is 12.1 Å². The third kappa shape index (κ3) is 2.50. The SMILES string of the molecule is Nc1ccccc1Sc1ccc(F)cc1. The molecule has 2 aromatic carbocycles. The summed E-state index contributed by atoms with van der Waals surface area (Å²) in [6.07, 6.45) is 0. The molecule has 1 nitrogen and oxygen atoms in total. The van der Waals surface area contributed by atoms with Crippen molar-refractivity contribution in [3.8, 4) is 0 Å². The molecule has 0 radical (unpaired) electrons. The molecule has 0 aromatic heterocycles. The summed E-state index contributed by atoms with van der Waals surface area (Å²) in [6.45, 7) is 0. The smallest absolute Gasteiger partial charge is 0.123 e. The molecule has 0 aliphatic heterocycles. The first-order valence-corrected chi connectivity index (χ1v) is 5.35. The number of nitrogens with two attached hydrogens (primary N) is 1. The van der Waals surface area contributed by atoms with E-state index >= 15 is 0 Å². The molecule has 0 unspecified atom stereocenters. The first-order valence-electron chi connectivity index (χ1n) is 4.53. The van der Waals surface area contributed by atoms with Crippen LogP contribution in [0.15, 0.2) is 58.3 Å². The van der Waals surface area contributed by atoms with Gasteiger partial charge in [-0.3, -0.25) is 0 Å². The summed E-state index contributed by atoms with van der Waals surface area (Å²) >= 11 is 1.53. The van der Waals surface area contributed by atoms with Crippen molar-refractivity contribution in [1.29, 1.82) is 0 Å². The Morgan fingerprint density at radius 1 is 0.933 bits per heavy atom. The molecule has 0 aliphatic carbocycles. The van der Waals surface area contributed by atoms with Crippen molar-refractivity contribution in [2.45, 2.75) is 9.79 Å². The van der Waals surface area contributed by atoms with E-state index in [9.17, 15) is 4.39 Å². The molecular formula is C12H10FNS. The monoisotopic (exact) mass is 219 g/mol. The van der Waals surface area contributed by atoms with E-state index in [-0.39, 0.29) is 5.82 Å². The molecule has 0 atom stereocenters. The van der Waals surface area contributed by atoms with E-state index in [4.69, 9.17) is 5.73 Å². The predicted molar refractivity (Wildman–Crippen MR) is 61.4 cm³/mol. The number of hydrogen-bond donors (Lipinski definition) is 1. The molecule has 0 bridgehead atoms. The lowest BCUT2D eigenvalue weighted by molar-refractivity contribution is 0.626. The molecule has 2 rings (SSSR count). The second-order valence-electron chi connectivity index (χ2n) is 3.09. The predicted octanol–water partition coefficient (Wildman–Crippen LogP) is 3.56. The lowest BCUT2D eigenvalue weighted by Crippen LogP contribution is -1.86. The van der Waals surface area contributed by atoms with Crippen LogP contribution < -0.4 is 5.73 Å². The van der Waals surface area contributed by atoms with Gasteiger partial charge in [-0.2, -0.15) is 0 Å². The second kappa shape index (κ2) is 4.36. The average molecular weight is 219 g/mol. The van der Waals surface area contributed by atoms with Gasteiger partial charge in [-0.25, -0.2) is 4.39 Å². The number of anilines is 1. The molecule has 0 aliphatic rings. The van der Waals surface area contributed by atoms with E-state index in [1.165, 1.54) is 23.9 Å². The van der Waals surface area contributed by atoms with Crippen LogP contribution in [-0.2, 0) is 0 Å². The topological polar surface area (TPSA) is 26.0 Å². The maximum Gasteiger partial charge on any atom is 0.123 e. The summed E-state index contributed by atoms with van der Waals surface area (Å²) in [5.74, 6) is -0.222. The second-order valence-corrected chi connectivity index (χ2v) is 4.21. The molecule has 76 valence electrons. The fourth-order valence-corrected chi connectivity index (χ4v) is 2.06. The van der Waals surface area contributed by atoms with Crippen molar-refractivity contribution >= 4 is 17.4 Å². The van der Waals surface area contributed by atoms with Gasteiger partial charge in [0.2, 0.25) is 0 Å². The van der Waals surface area contributed by atoms with Crippen LogP contribution >= 0.6 is 11.8 Å². The van der Waals surface area contributed by atoms with Crippen molar-refractivity contribution in [2.24, 2.45) is 0 Å². The fraction of sp³-hybridized carbons (Fsp3) is 0. The molecule has 0 heterocycles. The van der Waals surface area contributed by atoms with Crippen molar-refractivity contribution < 1.29 is 4.39 Å². The summed E-state index contributed by atoms with van der Waals surface area (Å²) in [7, 11) is 0. The Morgan fingerprint density at radius 2 is 1.60 bits per heavy atom. The van der Waals surface area contributed by atoms with Gasteiger partial charge in [0.1, 0.15) is 5.82 Å². The van der Waals surface area contributed by atoms with Crippen LogP contribution in [0.5, 0.6) is 0 Å². The van der Waals surface area contributed by atoms with Crippen molar-refractivity contribution in [3.63, 3.8) is 0 Å². The zero-order valence-corrected chi connectivity index (χ0v) is 8.80. The Labute approximate surface area is 92.1 Å². The normalized spacial score (nSPS) is 10.2. The van der Waals surface area contributed by atoms with Gasteiger partial charge in [-0.15, -0.1) is 0 Å². The summed E-state index contributed by atoms with van der Waals surface area (Å²) in [5, 5.41) is 0. The van der Waals surface area contributed by atoms with Gasteiger partial charge in [0.05, 0.1) is 0 Å². The Kier molecular flexibility index (Phi) is 2.92. The molecule has 2 aromatic rings. The first-order chi connectivity index (χ1) is 7.25. The molecule has 0 fully saturated rings. The van der Waals surface area contributed by atoms with Crippen LogP contribution in [0.1, 0.15) is 0 Å². The van der Waals surface area contributed by atoms with Gasteiger partial charge in [0, 0.05) is 15.5 Å². The van der Waals surface area contributed by atoms with Crippen LogP contribution in [0.4, 0.5) is 10.1 Å². The molecule has 0 amide bonds. The molecule has 0 saturated carbocycles. The zero-order chi connectivity index (χ0) is 10.7. The van der Waals surface area contributed by atoms with Gasteiger partial charge in [-0.05, 0) is 36.4 Å². The van der Waals surface area contributed by atoms with Crippen LogP contribution in [-0.4, -0.2) is 0 Å². The molecule has 2 N–H and O–H groups in total. The first kappa shape index (κ1) is 10.1. The van der Waals surface area contributed by atoms with Crippen molar-refractivity contribution in [3.05, 3.63) is 54.3 Å². The molecular weight excluding hydrogens is 209 g/mol. The number of halogens is 1. The maximum absolute atomic E-state index is 12.7. The number of para-hydroxylation sites is 1. The Balaban J connectivity index is 2.22. The van der Waals surface area contributed by atoms with Gasteiger partial charge >= 0.3 is 0 Å². The van der Waals surface area contributed by atoms with Crippen LogP contribution in [0, 0.1) is 5.82 Å². The minimum atomic E-state index is -0.222. The molecule has 15 heavy (non-hydrogen) atoms. The van der Waals surface area contributed by atoms with E-state index in [2.05, 4.69) is 0 Å². The molecule has 0 spiro atoms. The lowest BCUT2D eigenvalue weighted by Gasteiger charge is -2.04. The molecule has 0 saturated heterocycles. The standard InChI is InChI=1S/C12H10FNS/c13-9-5-7-10(8-6-9)15-12-4-2-1-3-11(12)14/h1-8H,14H2. The summed E-state index contributed by atoms with van der Waals surface area (Å²) in [5.41, 5.74) is 6.55. The van der Waals surface area contributed by atoms with Crippen molar-refractivity contribution in [2.75, 3.05) is 5.73 Å². The number of nitrogen functional groups attached to an aromatic ring is 1.